The van der Waals surface area contributed by atoms with E-state index in [1.54, 1.807) is 0 Å². The highest BCUT2D eigenvalue weighted by molar-refractivity contribution is 4.99. The SMILES string of the molecule is N#CC1CCCC1NC1CC1. The van der Waals surface area contributed by atoms with Gasteiger partial charge >= 0.3 is 0 Å². The molecule has 2 heteroatoms. The van der Waals surface area contributed by atoms with Gasteiger partial charge in [0.1, 0.15) is 0 Å². The van der Waals surface area contributed by atoms with Crippen LogP contribution in [0.15, 0.2) is 0 Å². The number of nitrogens with zero attached hydrogens (tertiary/aromatic N) is 1. The molecule has 0 aromatic heterocycles. The molecule has 0 aromatic rings. The molecule has 2 atom stereocenters. The molecule has 2 nitrogen and oxygen atoms in total. The molecule has 1 N–H and O–H groups in total. The molecule has 11 heavy (non-hydrogen) atoms. The Kier molecular flexibility index (Phi) is 1.83. The third-order valence-electron chi connectivity index (χ3n) is 2.71. The highest BCUT2D eigenvalue weighted by Crippen LogP contribution is 2.29. The smallest absolute Gasteiger partial charge is 0.0672 e. The fourth-order valence-corrected chi connectivity index (χ4v) is 1.87. The van der Waals surface area contributed by atoms with E-state index in [-0.39, 0.29) is 0 Å². The second-order valence-electron chi connectivity index (χ2n) is 3.71. The minimum Gasteiger partial charge on any atom is -0.310 e. The van der Waals surface area contributed by atoms with Gasteiger partial charge in [0.25, 0.3) is 0 Å². The molecule has 0 bridgehead atoms. The standard InChI is InChI=1S/C9H14N2/c10-6-7-2-1-3-9(7)11-8-4-5-8/h7-9,11H,1-5H2. The van der Waals surface area contributed by atoms with Crippen molar-refractivity contribution in [3.05, 3.63) is 0 Å². The number of nitrogens with one attached hydrogen (secondary N) is 1. The minimum absolute atomic E-state index is 0.301. The Hall–Kier alpha value is -0.550. The first-order valence-electron chi connectivity index (χ1n) is 4.56. The van der Waals surface area contributed by atoms with Crippen LogP contribution in [0.5, 0.6) is 0 Å². The summed E-state index contributed by atoms with van der Waals surface area (Å²) in [5.41, 5.74) is 0. The molecule has 0 radical (unpaired) electrons. The van der Waals surface area contributed by atoms with Gasteiger partial charge in [0.05, 0.1) is 12.0 Å². The van der Waals surface area contributed by atoms with Crippen LogP contribution in [0.3, 0.4) is 0 Å². The van der Waals surface area contributed by atoms with Gasteiger partial charge in [0.2, 0.25) is 0 Å². The summed E-state index contributed by atoms with van der Waals surface area (Å²) in [6.45, 7) is 0. The van der Waals surface area contributed by atoms with Crippen molar-refractivity contribution in [1.82, 2.24) is 5.32 Å². The highest BCUT2D eigenvalue weighted by atomic mass is 15.0. The monoisotopic (exact) mass is 150 g/mol. The molecule has 2 aliphatic carbocycles. The maximum atomic E-state index is 8.78. The van der Waals surface area contributed by atoms with Crippen LogP contribution in [-0.2, 0) is 0 Å². The number of nitriles is 1. The first kappa shape index (κ1) is 7.12. The fraction of sp³-hybridized carbons (Fsp3) is 0.889. The second kappa shape index (κ2) is 2.83. The lowest BCUT2D eigenvalue weighted by Crippen LogP contribution is -2.33. The molecule has 0 heterocycles. The van der Waals surface area contributed by atoms with E-state index >= 15 is 0 Å². The molecule has 0 aliphatic heterocycles. The zero-order valence-corrected chi connectivity index (χ0v) is 6.71. The van der Waals surface area contributed by atoms with Gasteiger partial charge in [-0.15, -0.1) is 0 Å². The predicted octanol–water partition coefficient (Wildman–Crippen LogP) is 1.43. The minimum atomic E-state index is 0.301. The lowest BCUT2D eigenvalue weighted by molar-refractivity contribution is 0.462. The maximum Gasteiger partial charge on any atom is 0.0672 e. The van der Waals surface area contributed by atoms with E-state index in [0.29, 0.717) is 12.0 Å². The fourth-order valence-electron chi connectivity index (χ4n) is 1.87. The molecule has 2 unspecified atom stereocenters. The lowest BCUT2D eigenvalue weighted by atomic mass is 10.1. The topological polar surface area (TPSA) is 35.8 Å². The van der Waals surface area contributed by atoms with E-state index < -0.39 is 0 Å². The van der Waals surface area contributed by atoms with E-state index in [2.05, 4.69) is 11.4 Å². The Morgan fingerprint density at radius 3 is 2.64 bits per heavy atom. The lowest BCUT2D eigenvalue weighted by Gasteiger charge is -2.14. The summed E-state index contributed by atoms with van der Waals surface area (Å²) in [5, 5.41) is 12.3. The summed E-state index contributed by atoms with van der Waals surface area (Å²) in [6.07, 6.45) is 6.22. The van der Waals surface area contributed by atoms with Crippen molar-refractivity contribution in [1.29, 1.82) is 5.26 Å². The van der Waals surface area contributed by atoms with Gasteiger partial charge in [-0.25, -0.2) is 0 Å². The van der Waals surface area contributed by atoms with Crippen LogP contribution < -0.4 is 5.32 Å². The average molecular weight is 150 g/mol. The first-order valence-corrected chi connectivity index (χ1v) is 4.56. The quantitative estimate of drug-likeness (QED) is 0.646. The third kappa shape index (κ3) is 1.54. The van der Waals surface area contributed by atoms with E-state index in [9.17, 15) is 0 Å². The molecular weight excluding hydrogens is 136 g/mol. The van der Waals surface area contributed by atoms with Gasteiger partial charge in [0, 0.05) is 12.1 Å². The molecular formula is C9H14N2. The Morgan fingerprint density at radius 1 is 1.18 bits per heavy atom. The van der Waals surface area contributed by atoms with Gasteiger partial charge in [-0.05, 0) is 25.7 Å². The molecule has 60 valence electrons. The van der Waals surface area contributed by atoms with E-state index in [1.807, 2.05) is 0 Å². The van der Waals surface area contributed by atoms with E-state index in [1.165, 1.54) is 25.7 Å². The van der Waals surface area contributed by atoms with Crippen LogP contribution >= 0.6 is 0 Å². The van der Waals surface area contributed by atoms with Gasteiger partial charge in [0.15, 0.2) is 0 Å². The van der Waals surface area contributed by atoms with Crippen molar-refractivity contribution in [3.8, 4) is 6.07 Å². The summed E-state index contributed by atoms with van der Waals surface area (Å²) < 4.78 is 0. The van der Waals surface area contributed by atoms with Crippen molar-refractivity contribution >= 4 is 0 Å². The summed E-state index contributed by atoms with van der Waals surface area (Å²) in [5.74, 6) is 0.301. The zero-order chi connectivity index (χ0) is 7.68. The molecule has 2 fully saturated rings. The predicted molar refractivity (Wildman–Crippen MR) is 42.9 cm³/mol. The van der Waals surface area contributed by atoms with E-state index in [4.69, 9.17) is 5.26 Å². The van der Waals surface area contributed by atoms with Crippen molar-refractivity contribution in [2.75, 3.05) is 0 Å². The van der Waals surface area contributed by atoms with Crippen LogP contribution in [0.4, 0.5) is 0 Å². The van der Waals surface area contributed by atoms with Gasteiger partial charge in [-0.2, -0.15) is 5.26 Å². The van der Waals surface area contributed by atoms with Gasteiger partial charge in [-0.1, -0.05) is 6.42 Å². The van der Waals surface area contributed by atoms with E-state index in [0.717, 1.165) is 12.5 Å². The molecule has 2 saturated carbocycles. The average Bonchev–Trinajstić information content (AvgIpc) is 2.68. The maximum absolute atomic E-state index is 8.78. The molecule has 0 spiro atoms. The van der Waals surface area contributed by atoms with Gasteiger partial charge in [-0.3, -0.25) is 0 Å². The highest BCUT2D eigenvalue weighted by Gasteiger charge is 2.32. The van der Waals surface area contributed by atoms with Crippen LogP contribution in [0.1, 0.15) is 32.1 Å². The molecule has 0 saturated heterocycles. The first-order chi connectivity index (χ1) is 5.40. The Morgan fingerprint density at radius 2 is 2.00 bits per heavy atom. The normalized spacial score (nSPS) is 37.0. The molecule has 2 rings (SSSR count). The van der Waals surface area contributed by atoms with Crippen LogP contribution in [0, 0.1) is 17.2 Å². The van der Waals surface area contributed by atoms with Crippen LogP contribution in [0.25, 0.3) is 0 Å². The van der Waals surface area contributed by atoms with Gasteiger partial charge < -0.3 is 5.32 Å². The Labute approximate surface area is 67.6 Å². The van der Waals surface area contributed by atoms with Crippen molar-refractivity contribution < 1.29 is 0 Å². The number of hydrogen-bond acceptors (Lipinski definition) is 2. The van der Waals surface area contributed by atoms with Crippen molar-refractivity contribution in [3.63, 3.8) is 0 Å². The summed E-state index contributed by atoms with van der Waals surface area (Å²) in [4.78, 5) is 0. The molecule has 0 aromatic carbocycles. The number of rotatable bonds is 2. The van der Waals surface area contributed by atoms with Crippen LogP contribution in [0.2, 0.25) is 0 Å². The molecule has 0 amide bonds. The number of hydrogen-bond donors (Lipinski definition) is 1. The second-order valence-corrected chi connectivity index (χ2v) is 3.71. The zero-order valence-electron chi connectivity index (χ0n) is 6.71. The van der Waals surface area contributed by atoms with Crippen molar-refractivity contribution in [2.45, 2.75) is 44.2 Å². The van der Waals surface area contributed by atoms with Crippen LogP contribution in [-0.4, -0.2) is 12.1 Å². The summed E-state index contributed by atoms with van der Waals surface area (Å²) in [7, 11) is 0. The largest absolute Gasteiger partial charge is 0.310 e. The summed E-state index contributed by atoms with van der Waals surface area (Å²) in [6, 6.07) is 3.66. The third-order valence-corrected chi connectivity index (χ3v) is 2.71. The Bertz CT molecular complexity index is 178. The molecule has 2 aliphatic rings. The Balaban J connectivity index is 1.85. The van der Waals surface area contributed by atoms with Crippen molar-refractivity contribution in [2.24, 2.45) is 5.92 Å². The summed E-state index contributed by atoms with van der Waals surface area (Å²) >= 11 is 0.